The van der Waals surface area contributed by atoms with Gasteiger partial charge in [0.05, 0.1) is 23.1 Å². The molecule has 0 unspecified atom stereocenters. The van der Waals surface area contributed by atoms with Gasteiger partial charge in [0.1, 0.15) is 12.3 Å². The van der Waals surface area contributed by atoms with Crippen LogP contribution < -0.4 is 5.69 Å². The van der Waals surface area contributed by atoms with Gasteiger partial charge in [0.15, 0.2) is 0 Å². The molecule has 0 aliphatic carbocycles. The standard InChI is InChI=1S/C21H22N4O3/c1-2-11-24-17-7-3-4-8-18(17)25(21(24)27)13-10-20(26)28-15-16-14-23-12-6-5-9-19(23)22-16/h3-9,12,14H,2,10-11,13,15H2,1H3. The van der Waals surface area contributed by atoms with Crippen LogP contribution in [0.4, 0.5) is 0 Å². The lowest BCUT2D eigenvalue weighted by atomic mass is 10.3. The van der Waals surface area contributed by atoms with Crippen LogP contribution in [0.2, 0.25) is 0 Å². The molecular formula is C21H22N4O3. The zero-order valence-corrected chi connectivity index (χ0v) is 15.7. The first-order chi connectivity index (χ1) is 13.7. The summed E-state index contributed by atoms with van der Waals surface area (Å²) in [5, 5.41) is 0. The molecule has 144 valence electrons. The Kier molecular flexibility index (Phi) is 4.97. The number of para-hydroxylation sites is 2. The van der Waals surface area contributed by atoms with Crippen molar-refractivity contribution in [3.05, 3.63) is 71.0 Å². The Morgan fingerprint density at radius 3 is 2.46 bits per heavy atom. The molecule has 0 N–H and O–H groups in total. The third kappa shape index (κ3) is 3.43. The number of fused-ring (bicyclic) bond motifs is 2. The van der Waals surface area contributed by atoms with Crippen LogP contribution in [0.3, 0.4) is 0 Å². The molecule has 0 radical (unpaired) electrons. The van der Waals surface area contributed by atoms with Gasteiger partial charge in [-0.3, -0.25) is 13.9 Å². The van der Waals surface area contributed by atoms with E-state index in [1.807, 2.05) is 66.2 Å². The van der Waals surface area contributed by atoms with Crippen molar-refractivity contribution < 1.29 is 9.53 Å². The summed E-state index contributed by atoms with van der Waals surface area (Å²) in [6.07, 6.45) is 4.74. The number of carbonyl (C=O) groups is 1. The van der Waals surface area contributed by atoms with Crippen LogP contribution in [0.5, 0.6) is 0 Å². The zero-order valence-electron chi connectivity index (χ0n) is 15.7. The molecule has 0 spiro atoms. The quantitative estimate of drug-likeness (QED) is 0.464. The number of hydrogen-bond acceptors (Lipinski definition) is 4. The van der Waals surface area contributed by atoms with Crippen molar-refractivity contribution in [2.24, 2.45) is 0 Å². The summed E-state index contributed by atoms with van der Waals surface area (Å²) >= 11 is 0. The van der Waals surface area contributed by atoms with E-state index in [-0.39, 0.29) is 24.7 Å². The van der Waals surface area contributed by atoms with Gasteiger partial charge >= 0.3 is 11.7 Å². The highest BCUT2D eigenvalue weighted by Gasteiger charge is 2.14. The van der Waals surface area contributed by atoms with Crippen molar-refractivity contribution in [1.82, 2.24) is 18.5 Å². The second-order valence-corrected chi connectivity index (χ2v) is 6.68. The van der Waals surface area contributed by atoms with E-state index < -0.39 is 0 Å². The molecule has 0 aliphatic heterocycles. The monoisotopic (exact) mass is 378 g/mol. The Bertz CT molecular complexity index is 1150. The Morgan fingerprint density at radius 1 is 1.04 bits per heavy atom. The van der Waals surface area contributed by atoms with Crippen LogP contribution in [-0.4, -0.2) is 24.5 Å². The molecule has 0 bridgehead atoms. The van der Waals surface area contributed by atoms with Crippen LogP contribution in [-0.2, 0) is 29.2 Å². The number of rotatable bonds is 7. The van der Waals surface area contributed by atoms with Crippen LogP contribution in [0.15, 0.2) is 59.7 Å². The molecule has 3 aromatic heterocycles. The van der Waals surface area contributed by atoms with E-state index in [4.69, 9.17) is 4.74 Å². The van der Waals surface area contributed by atoms with Crippen molar-refractivity contribution in [3.63, 3.8) is 0 Å². The molecule has 3 heterocycles. The largest absolute Gasteiger partial charge is 0.459 e. The normalized spacial score (nSPS) is 11.3. The van der Waals surface area contributed by atoms with Crippen molar-refractivity contribution in [3.8, 4) is 0 Å². The Morgan fingerprint density at radius 2 is 1.75 bits per heavy atom. The van der Waals surface area contributed by atoms with E-state index in [2.05, 4.69) is 4.98 Å². The van der Waals surface area contributed by atoms with Gasteiger partial charge in [-0.15, -0.1) is 0 Å². The maximum absolute atomic E-state index is 12.7. The first kappa shape index (κ1) is 18.0. The van der Waals surface area contributed by atoms with Crippen molar-refractivity contribution in [2.45, 2.75) is 39.5 Å². The Hall–Kier alpha value is -3.35. The topological polar surface area (TPSA) is 70.5 Å². The summed E-state index contributed by atoms with van der Waals surface area (Å²) in [7, 11) is 0. The third-order valence-electron chi connectivity index (χ3n) is 4.71. The molecule has 7 heteroatoms. The van der Waals surface area contributed by atoms with Gasteiger partial charge < -0.3 is 9.14 Å². The molecule has 0 saturated carbocycles. The fourth-order valence-corrected chi connectivity index (χ4v) is 3.41. The maximum atomic E-state index is 12.7. The second-order valence-electron chi connectivity index (χ2n) is 6.68. The number of pyridine rings is 1. The molecule has 1 aromatic carbocycles. The van der Waals surface area contributed by atoms with Crippen molar-refractivity contribution in [1.29, 1.82) is 0 Å². The minimum Gasteiger partial charge on any atom is -0.459 e. The van der Waals surface area contributed by atoms with E-state index in [1.165, 1.54) is 0 Å². The van der Waals surface area contributed by atoms with Crippen LogP contribution in [0, 0.1) is 0 Å². The van der Waals surface area contributed by atoms with Crippen LogP contribution in [0.25, 0.3) is 16.7 Å². The molecule has 28 heavy (non-hydrogen) atoms. The highest BCUT2D eigenvalue weighted by Crippen LogP contribution is 2.14. The fourth-order valence-electron chi connectivity index (χ4n) is 3.41. The average Bonchev–Trinajstić information content (AvgIpc) is 3.24. The number of hydrogen-bond donors (Lipinski definition) is 0. The van der Waals surface area contributed by atoms with Gasteiger partial charge in [-0.1, -0.05) is 25.1 Å². The summed E-state index contributed by atoms with van der Waals surface area (Å²) in [6, 6.07) is 13.4. The number of carbonyl (C=O) groups excluding carboxylic acids is 1. The molecular weight excluding hydrogens is 356 g/mol. The molecule has 4 rings (SSSR count). The lowest BCUT2D eigenvalue weighted by Gasteiger charge is -2.04. The van der Waals surface area contributed by atoms with Gasteiger partial charge in [0, 0.05) is 25.5 Å². The van der Waals surface area contributed by atoms with Crippen molar-refractivity contribution in [2.75, 3.05) is 0 Å². The van der Waals surface area contributed by atoms with Gasteiger partial charge in [-0.05, 0) is 30.7 Å². The van der Waals surface area contributed by atoms with Crippen molar-refractivity contribution >= 4 is 22.6 Å². The summed E-state index contributed by atoms with van der Waals surface area (Å²) < 4.78 is 10.6. The number of esters is 1. The number of aryl methyl sites for hydroxylation is 2. The van der Waals surface area contributed by atoms with Crippen LogP contribution in [0.1, 0.15) is 25.5 Å². The second kappa shape index (κ2) is 7.72. The lowest BCUT2D eigenvalue weighted by Crippen LogP contribution is -2.25. The minimum absolute atomic E-state index is 0.0869. The summed E-state index contributed by atoms with van der Waals surface area (Å²) in [5.74, 6) is -0.351. The molecule has 7 nitrogen and oxygen atoms in total. The van der Waals surface area contributed by atoms with Gasteiger partial charge in [-0.25, -0.2) is 9.78 Å². The predicted octanol–water partition coefficient (Wildman–Crippen LogP) is 2.99. The smallest absolute Gasteiger partial charge is 0.329 e. The summed E-state index contributed by atoms with van der Waals surface area (Å²) in [4.78, 5) is 29.3. The Labute approximate surface area is 161 Å². The molecule has 4 aromatic rings. The SMILES string of the molecule is CCCn1c(=O)n(CCC(=O)OCc2cn3ccccc3n2)c2ccccc21. The minimum atomic E-state index is -0.351. The van der Waals surface area contributed by atoms with Gasteiger partial charge in [-0.2, -0.15) is 0 Å². The highest BCUT2D eigenvalue weighted by molar-refractivity contribution is 5.76. The highest BCUT2D eigenvalue weighted by atomic mass is 16.5. The van der Waals surface area contributed by atoms with E-state index in [9.17, 15) is 9.59 Å². The predicted molar refractivity (Wildman–Crippen MR) is 106 cm³/mol. The molecule has 0 atom stereocenters. The third-order valence-corrected chi connectivity index (χ3v) is 4.71. The van der Waals surface area contributed by atoms with E-state index in [1.54, 1.807) is 9.13 Å². The number of ether oxygens (including phenoxy) is 1. The van der Waals surface area contributed by atoms with E-state index in [0.717, 1.165) is 23.1 Å². The van der Waals surface area contributed by atoms with Crippen LogP contribution >= 0.6 is 0 Å². The number of aromatic nitrogens is 4. The number of benzene rings is 1. The first-order valence-corrected chi connectivity index (χ1v) is 9.43. The van der Waals surface area contributed by atoms with E-state index in [0.29, 0.717) is 18.8 Å². The molecule has 0 fully saturated rings. The number of imidazole rings is 2. The lowest BCUT2D eigenvalue weighted by molar-refractivity contribution is -0.145. The molecule has 0 saturated heterocycles. The zero-order chi connectivity index (χ0) is 19.5. The molecule has 0 amide bonds. The first-order valence-electron chi connectivity index (χ1n) is 9.43. The summed E-state index contributed by atoms with van der Waals surface area (Å²) in [6.45, 7) is 3.10. The van der Waals surface area contributed by atoms with E-state index >= 15 is 0 Å². The number of nitrogens with zero attached hydrogens (tertiary/aromatic N) is 4. The fraction of sp³-hybridized carbons (Fsp3) is 0.286. The van der Waals surface area contributed by atoms with Gasteiger partial charge in [0.2, 0.25) is 0 Å². The summed E-state index contributed by atoms with van der Waals surface area (Å²) in [5.41, 5.74) is 3.15. The molecule has 0 aliphatic rings. The van der Waals surface area contributed by atoms with Gasteiger partial charge in [0.25, 0.3) is 0 Å². The average molecular weight is 378 g/mol. The Balaban J connectivity index is 1.43. The maximum Gasteiger partial charge on any atom is 0.329 e.